The standard InChI is InChI=1S/C13H24N2O3/c1-2-18-13(17)4-3-8-15-12(16)6-5-11-7-9-14-10-11/h11,14H,2-10H2,1H3,(H,15,16). The minimum Gasteiger partial charge on any atom is -0.466 e. The van der Waals surface area contributed by atoms with Gasteiger partial charge in [0.1, 0.15) is 0 Å². The molecular formula is C13H24N2O3. The van der Waals surface area contributed by atoms with Gasteiger partial charge >= 0.3 is 5.97 Å². The van der Waals surface area contributed by atoms with E-state index in [0.717, 1.165) is 19.5 Å². The second-order valence-corrected chi connectivity index (χ2v) is 4.66. The van der Waals surface area contributed by atoms with Crippen molar-refractivity contribution in [2.75, 3.05) is 26.2 Å². The highest BCUT2D eigenvalue weighted by molar-refractivity contribution is 5.76. The van der Waals surface area contributed by atoms with Crippen molar-refractivity contribution >= 4 is 11.9 Å². The van der Waals surface area contributed by atoms with Gasteiger partial charge in [0.2, 0.25) is 5.91 Å². The third-order valence-electron chi connectivity index (χ3n) is 3.13. The van der Waals surface area contributed by atoms with E-state index in [1.165, 1.54) is 6.42 Å². The van der Waals surface area contributed by atoms with Crippen LogP contribution in [0, 0.1) is 5.92 Å². The van der Waals surface area contributed by atoms with E-state index in [4.69, 9.17) is 4.74 Å². The number of hydrogen-bond acceptors (Lipinski definition) is 4. The van der Waals surface area contributed by atoms with Crippen molar-refractivity contribution in [2.45, 2.75) is 39.0 Å². The van der Waals surface area contributed by atoms with E-state index in [-0.39, 0.29) is 11.9 Å². The Hall–Kier alpha value is -1.10. The Labute approximate surface area is 109 Å². The lowest BCUT2D eigenvalue weighted by molar-refractivity contribution is -0.143. The largest absolute Gasteiger partial charge is 0.466 e. The SMILES string of the molecule is CCOC(=O)CCCNC(=O)CCC1CCNC1. The fourth-order valence-electron chi connectivity index (χ4n) is 2.08. The van der Waals surface area contributed by atoms with Gasteiger partial charge in [-0.15, -0.1) is 0 Å². The minimum absolute atomic E-state index is 0.0887. The molecular weight excluding hydrogens is 232 g/mol. The normalized spacial score (nSPS) is 18.6. The maximum Gasteiger partial charge on any atom is 0.305 e. The number of hydrogen-bond donors (Lipinski definition) is 2. The summed E-state index contributed by atoms with van der Waals surface area (Å²) in [4.78, 5) is 22.6. The number of amides is 1. The molecule has 1 atom stereocenters. The van der Waals surface area contributed by atoms with Gasteiger partial charge in [-0.25, -0.2) is 0 Å². The lowest BCUT2D eigenvalue weighted by atomic mass is 10.0. The van der Waals surface area contributed by atoms with Gasteiger partial charge in [-0.2, -0.15) is 0 Å². The molecule has 1 aliphatic heterocycles. The van der Waals surface area contributed by atoms with Crippen molar-refractivity contribution in [1.29, 1.82) is 0 Å². The summed E-state index contributed by atoms with van der Waals surface area (Å²) in [6, 6.07) is 0. The van der Waals surface area contributed by atoms with Crippen molar-refractivity contribution in [2.24, 2.45) is 5.92 Å². The Bertz CT molecular complexity index is 263. The fourth-order valence-corrected chi connectivity index (χ4v) is 2.08. The zero-order chi connectivity index (χ0) is 13.2. The summed E-state index contributed by atoms with van der Waals surface area (Å²) in [7, 11) is 0. The zero-order valence-corrected chi connectivity index (χ0v) is 11.2. The topological polar surface area (TPSA) is 67.4 Å². The minimum atomic E-state index is -0.191. The molecule has 0 bridgehead atoms. The van der Waals surface area contributed by atoms with Crippen molar-refractivity contribution < 1.29 is 14.3 Å². The Kier molecular flexibility index (Phi) is 7.41. The summed E-state index contributed by atoms with van der Waals surface area (Å²) in [6.07, 6.45) is 3.74. The first-order chi connectivity index (χ1) is 8.72. The summed E-state index contributed by atoms with van der Waals surface area (Å²) in [5, 5.41) is 6.13. The maximum absolute atomic E-state index is 11.5. The highest BCUT2D eigenvalue weighted by atomic mass is 16.5. The molecule has 0 radical (unpaired) electrons. The molecule has 1 unspecified atom stereocenters. The summed E-state index contributed by atoms with van der Waals surface area (Å²) in [5.74, 6) is 0.546. The molecule has 1 rings (SSSR count). The second-order valence-electron chi connectivity index (χ2n) is 4.66. The van der Waals surface area contributed by atoms with E-state index < -0.39 is 0 Å². The van der Waals surface area contributed by atoms with Gasteiger partial charge in [-0.3, -0.25) is 9.59 Å². The number of carbonyl (C=O) groups is 2. The molecule has 1 amide bonds. The molecule has 18 heavy (non-hydrogen) atoms. The van der Waals surface area contributed by atoms with Gasteiger partial charge in [-0.05, 0) is 45.2 Å². The Balaban J connectivity index is 1.94. The van der Waals surface area contributed by atoms with Crippen LogP contribution in [0.4, 0.5) is 0 Å². The molecule has 1 fully saturated rings. The molecule has 1 heterocycles. The second kappa shape index (κ2) is 8.91. The third kappa shape index (κ3) is 6.59. The van der Waals surface area contributed by atoms with Crippen LogP contribution in [0.2, 0.25) is 0 Å². The smallest absolute Gasteiger partial charge is 0.305 e. The van der Waals surface area contributed by atoms with Gasteiger partial charge in [0.05, 0.1) is 6.61 Å². The molecule has 5 nitrogen and oxygen atoms in total. The summed E-state index contributed by atoms with van der Waals surface area (Å²) in [5.41, 5.74) is 0. The third-order valence-corrected chi connectivity index (χ3v) is 3.13. The first-order valence-electron chi connectivity index (χ1n) is 6.85. The molecule has 0 aromatic carbocycles. The van der Waals surface area contributed by atoms with Gasteiger partial charge in [0.15, 0.2) is 0 Å². The van der Waals surface area contributed by atoms with Gasteiger partial charge in [-0.1, -0.05) is 0 Å². The quantitative estimate of drug-likeness (QED) is 0.499. The fraction of sp³-hybridized carbons (Fsp3) is 0.846. The van der Waals surface area contributed by atoms with Crippen LogP contribution in [0.5, 0.6) is 0 Å². The number of esters is 1. The Morgan fingerprint density at radius 1 is 1.39 bits per heavy atom. The molecule has 0 aromatic heterocycles. The van der Waals surface area contributed by atoms with Gasteiger partial charge < -0.3 is 15.4 Å². The average molecular weight is 256 g/mol. The van der Waals surface area contributed by atoms with Crippen LogP contribution < -0.4 is 10.6 Å². The molecule has 1 aliphatic rings. The highest BCUT2D eigenvalue weighted by Gasteiger charge is 2.15. The van der Waals surface area contributed by atoms with E-state index in [0.29, 0.717) is 38.3 Å². The molecule has 0 spiro atoms. The van der Waals surface area contributed by atoms with Crippen LogP contribution in [0.3, 0.4) is 0 Å². The average Bonchev–Trinajstić information content (AvgIpc) is 2.85. The van der Waals surface area contributed by atoms with Gasteiger partial charge in [0, 0.05) is 19.4 Å². The van der Waals surface area contributed by atoms with Crippen molar-refractivity contribution in [3.8, 4) is 0 Å². The van der Waals surface area contributed by atoms with Crippen LogP contribution in [0.1, 0.15) is 39.0 Å². The Morgan fingerprint density at radius 2 is 2.22 bits per heavy atom. The highest BCUT2D eigenvalue weighted by Crippen LogP contribution is 2.13. The molecule has 2 N–H and O–H groups in total. The van der Waals surface area contributed by atoms with E-state index in [2.05, 4.69) is 10.6 Å². The van der Waals surface area contributed by atoms with Crippen LogP contribution in [-0.4, -0.2) is 38.1 Å². The monoisotopic (exact) mass is 256 g/mol. The van der Waals surface area contributed by atoms with Crippen molar-refractivity contribution in [3.63, 3.8) is 0 Å². The molecule has 5 heteroatoms. The van der Waals surface area contributed by atoms with Crippen LogP contribution in [0.15, 0.2) is 0 Å². The summed E-state index contributed by atoms with van der Waals surface area (Å²) in [6.45, 7) is 4.88. The van der Waals surface area contributed by atoms with E-state index in [9.17, 15) is 9.59 Å². The van der Waals surface area contributed by atoms with Crippen LogP contribution >= 0.6 is 0 Å². The van der Waals surface area contributed by atoms with Gasteiger partial charge in [0.25, 0.3) is 0 Å². The number of nitrogens with one attached hydrogen (secondary N) is 2. The Morgan fingerprint density at radius 3 is 2.89 bits per heavy atom. The molecule has 0 saturated carbocycles. The number of ether oxygens (including phenoxy) is 1. The number of carbonyl (C=O) groups excluding carboxylic acids is 2. The predicted molar refractivity (Wildman–Crippen MR) is 69.1 cm³/mol. The molecule has 104 valence electrons. The molecule has 0 aliphatic carbocycles. The lowest BCUT2D eigenvalue weighted by Crippen LogP contribution is -2.25. The van der Waals surface area contributed by atoms with E-state index in [1.807, 2.05) is 0 Å². The maximum atomic E-state index is 11.5. The summed E-state index contributed by atoms with van der Waals surface area (Å²) < 4.78 is 4.81. The van der Waals surface area contributed by atoms with E-state index in [1.54, 1.807) is 6.92 Å². The zero-order valence-electron chi connectivity index (χ0n) is 11.2. The molecule has 1 saturated heterocycles. The lowest BCUT2D eigenvalue weighted by Gasteiger charge is -2.08. The molecule has 0 aromatic rings. The number of rotatable bonds is 8. The van der Waals surface area contributed by atoms with Crippen molar-refractivity contribution in [3.05, 3.63) is 0 Å². The van der Waals surface area contributed by atoms with E-state index >= 15 is 0 Å². The predicted octanol–water partition coefficient (Wildman–Crippen LogP) is 0.836. The first kappa shape index (κ1) is 15.0. The first-order valence-corrected chi connectivity index (χ1v) is 6.85. The van der Waals surface area contributed by atoms with Crippen LogP contribution in [-0.2, 0) is 14.3 Å². The van der Waals surface area contributed by atoms with Crippen LogP contribution in [0.25, 0.3) is 0 Å². The van der Waals surface area contributed by atoms with Crippen molar-refractivity contribution in [1.82, 2.24) is 10.6 Å². The summed E-state index contributed by atoms with van der Waals surface area (Å²) >= 11 is 0.